The van der Waals surface area contributed by atoms with Crippen LogP contribution in [0.5, 0.6) is 0 Å². The van der Waals surface area contributed by atoms with E-state index in [1.807, 2.05) is 53.8 Å². The SMILES string of the molecule is Cc1nn(-c2ccccc2)c(C)c1CC(=O)N1CCCC1CN.Cl. The highest BCUT2D eigenvalue weighted by Gasteiger charge is 2.28. The van der Waals surface area contributed by atoms with Crippen LogP contribution in [0.2, 0.25) is 0 Å². The van der Waals surface area contributed by atoms with Crippen molar-refractivity contribution in [1.82, 2.24) is 14.7 Å². The topological polar surface area (TPSA) is 64.2 Å². The summed E-state index contributed by atoms with van der Waals surface area (Å²) in [6, 6.07) is 10.2. The van der Waals surface area contributed by atoms with Crippen molar-refractivity contribution in [1.29, 1.82) is 0 Å². The second-order valence-electron chi connectivity index (χ2n) is 6.19. The van der Waals surface area contributed by atoms with Gasteiger partial charge in [0.2, 0.25) is 5.91 Å². The van der Waals surface area contributed by atoms with Gasteiger partial charge in [-0.15, -0.1) is 12.4 Å². The van der Waals surface area contributed by atoms with Gasteiger partial charge in [-0.25, -0.2) is 4.68 Å². The van der Waals surface area contributed by atoms with Crippen LogP contribution in [0.3, 0.4) is 0 Å². The molecule has 5 nitrogen and oxygen atoms in total. The number of benzene rings is 1. The predicted octanol–water partition coefficient (Wildman–Crippen LogP) is 2.40. The van der Waals surface area contributed by atoms with Gasteiger partial charge in [0.15, 0.2) is 0 Å². The summed E-state index contributed by atoms with van der Waals surface area (Å²) >= 11 is 0. The third-order valence-electron chi connectivity index (χ3n) is 4.74. The zero-order valence-corrected chi connectivity index (χ0v) is 15.1. The van der Waals surface area contributed by atoms with Crippen LogP contribution in [0.15, 0.2) is 30.3 Å². The van der Waals surface area contributed by atoms with Crippen LogP contribution in [-0.4, -0.2) is 39.7 Å². The lowest BCUT2D eigenvalue weighted by atomic mass is 10.1. The molecule has 2 aromatic rings. The monoisotopic (exact) mass is 348 g/mol. The first kappa shape index (κ1) is 18.5. The maximum Gasteiger partial charge on any atom is 0.227 e. The van der Waals surface area contributed by atoms with Gasteiger partial charge >= 0.3 is 0 Å². The number of hydrogen-bond donors (Lipinski definition) is 1. The van der Waals surface area contributed by atoms with Crippen molar-refractivity contribution >= 4 is 18.3 Å². The van der Waals surface area contributed by atoms with Crippen LogP contribution in [0.1, 0.15) is 29.8 Å². The van der Waals surface area contributed by atoms with Crippen LogP contribution in [0.25, 0.3) is 5.69 Å². The molecule has 1 saturated heterocycles. The van der Waals surface area contributed by atoms with E-state index in [1.165, 1.54) is 0 Å². The Balaban J connectivity index is 0.00000208. The summed E-state index contributed by atoms with van der Waals surface area (Å²) in [4.78, 5) is 14.6. The first-order chi connectivity index (χ1) is 11.1. The van der Waals surface area contributed by atoms with Crippen molar-refractivity contribution in [2.24, 2.45) is 5.73 Å². The second-order valence-corrected chi connectivity index (χ2v) is 6.19. The molecule has 0 bridgehead atoms. The molecule has 1 aliphatic heterocycles. The Morgan fingerprint density at radius 3 is 2.67 bits per heavy atom. The van der Waals surface area contributed by atoms with E-state index in [0.717, 1.165) is 42.0 Å². The van der Waals surface area contributed by atoms with E-state index in [9.17, 15) is 4.79 Å². The third-order valence-corrected chi connectivity index (χ3v) is 4.74. The molecule has 24 heavy (non-hydrogen) atoms. The Bertz CT molecular complexity index is 699. The summed E-state index contributed by atoms with van der Waals surface area (Å²) in [7, 11) is 0. The Hall–Kier alpha value is -1.85. The minimum Gasteiger partial charge on any atom is -0.338 e. The van der Waals surface area contributed by atoms with Gasteiger partial charge in [-0.3, -0.25) is 4.79 Å². The minimum atomic E-state index is 0. The molecule has 0 aliphatic carbocycles. The van der Waals surface area contributed by atoms with Gasteiger partial charge < -0.3 is 10.6 Å². The number of amides is 1. The fourth-order valence-corrected chi connectivity index (χ4v) is 3.41. The second kappa shape index (κ2) is 7.81. The largest absolute Gasteiger partial charge is 0.338 e. The highest BCUT2D eigenvalue weighted by molar-refractivity contribution is 5.85. The molecule has 1 aromatic carbocycles. The van der Waals surface area contributed by atoms with Crippen molar-refractivity contribution in [3.05, 3.63) is 47.3 Å². The van der Waals surface area contributed by atoms with Crippen molar-refractivity contribution < 1.29 is 4.79 Å². The lowest BCUT2D eigenvalue weighted by Crippen LogP contribution is -2.40. The molecule has 1 amide bonds. The number of nitrogens with zero attached hydrogens (tertiary/aromatic N) is 3. The standard InChI is InChI=1S/C18H24N4O.ClH/c1-13-17(11-18(23)21-10-6-9-16(21)12-19)14(2)22(20-13)15-7-4-3-5-8-15;/h3-5,7-8,16H,6,9-12,19H2,1-2H3;1H. The van der Waals surface area contributed by atoms with E-state index < -0.39 is 0 Å². The van der Waals surface area contributed by atoms with Gasteiger partial charge in [-0.05, 0) is 38.8 Å². The van der Waals surface area contributed by atoms with Gasteiger partial charge in [-0.2, -0.15) is 5.10 Å². The highest BCUT2D eigenvalue weighted by Crippen LogP contribution is 2.22. The number of rotatable bonds is 4. The van der Waals surface area contributed by atoms with Gasteiger partial charge in [0.05, 0.1) is 17.8 Å². The number of aryl methyl sites for hydroxylation is 1. The number of aromatic nitrogens is 2. The van der Waals surface area contributed by atoms with Gasteiger partial charge in [0.1, 0.15) is 0 Å². The lowest BCUT2D eigenvalue weighted by molar-refractivity contribution is -0.131. The van der Waals surface area contributed by atoms with Crippen molar-refractivity contribution in [3.63, 3.8) is 0 Å². The predicted molar refractivity (Wildman–Crippen MR) is 97.8 cm³/mol. The Labute approximate surface area is 149 Å². The maximum absolute atomic E-state index is 12.7. The summed E-state index contributed by atoms with van der Waals surface area (Å²) in [6.45, 7) is 5.37. The first-order valence-corrected chi connectivity index (χ1v) is 8.22. The summed E-state index contributed by atoms with van der Waals surface area (Å²) in [5.74, 6) is 0.164. The van der Waals surface area contributed by atoms with E-state index >= 15 is 0 Å². The van der Waals surface area contributed by atoms with E-state index in [1.54, 1.807) is 0 Å². The first-order valence-electron chi connectivity index (χ1n) is 8.22. The molecule has 1 aliphatic rings. The van der Waals surface area contributed by atoms with Crippen molar-refractivity contribution in [2.75, 3.05) is 13.1 Å². The number of hydrogen-bond acceptors (Lipinski definition) is 3. The molecule has 3 rings (SSSR count). The molecule has 1 unspecified atom stereocenters. The number of carbonyl (C=O) groups excluding carboxylic acids is 1. The Morgan fingerprint density at radius 2 is 2.00 bits per heavy atom. The number of nitrogens with two attached hydrogens (primary N) is 1. The number of para-hydroxylation sites is 1. The minimum absolute atomic E-state index is 0. The molecule has 0 saturated carbocycles. The molecule has 1 aromatic heterocycles. The summed E-state index contributed by atoms with van der Waals surface area (Å²) in [5, 5.41) is 4.62. The normalized spacial score (nSPS) is 17.0. The number of carbonyl (C=O) groups is 1. The van der Waals surface area contributed by atoms with E-state index in [4.69, 9.17) is 5.73 Å². The Kier molecular flexibility index (Phi) is 6.02. The number of likely N-dealkylation sites (tertiary alicyclic amines) is 1. The van der Waals surface area contributed by atoms with Gasteiger partial charge in [-0.1, -0.05) is 18.2 Å². The number of halogens is 1. The third kappa shape index (κ3) is 3.47. The summed E-state index contributed by atoms with van der Waals surface area (Å²) in [5.41, 5.74) is 9.79. The van der Waals surface area contributed by atoms with E-state index in [-0.39, 0.29) is 24.4 Å². The Morgan fingerprint density at radius 1 is 1.29 bits per heavy atom. The van der Waals surface area contributed by atoms with Crippen LogP contribution in [0.4, 0.5) is 0 Å². The molecule has 6 heteroatoms. The fourth-order valence-electron chi connectivity index (χ4n) is 3.41. The molecule has 2 N–H and O–H groups in total. The smallest absolute Gasteiger partial charge is 0.227 e. The van der Waals surface area contributed by atoms with Crippen LogP contribution in [0, 0.1) is 13.8 Å². The molecule has 0 spiro atoms. The molecular weight excluding hydrogens is 324 g/mol. The lowest BCUT2D eigenvalue weighted by Gasteiger charge is -2.23. The average molecular weight is 349 g/mol. The summed E-state index contributed by atoms with van der Waals surface area (Å²) < 4.78 is 1.92. The van der Waals surface area contributed by atoms with Crippen LogP contribution >= 0.6 is 12.4 Å². The zero-order chi connectivity index (χ0) is 16.4. The van der Waals surface area contributed by atoms with Gasteiger partial charge in [0, 0.05) is 30.4 Å². The van der Waals surface area contributed by atoms with E-state index in [0.29, 0.717) is 13.0 Å². The van der Waals surface area contributed by atoms with Crippen molar-refractivity contribution in [3.8, 4) is 5.69 Å². The molecule has 1 fully saturated rings. The molecule has 1 atom stereocenters. The van der Waals surface area contributed by atoms with Crippen LogP contribution in [-0.2, 0) is 11.2 Å². The van der Waals surface area contributed by atoms with E-state index in [2.05, 4.69) is 5.10 Å². The van der Waals surface area contributed by atoms with Gasteiger partial charge in [0.25, 0.3) is 0 Å². The average Bonchev–Trinajstić information content (AvgIpc) is 3.15. The summed E-state index contributed by atoms with van der Waals surface area (Å²) in [6.07, 6.45) is 2.47. The highest BCUT2D eigenvalue weighted by atomic mass is 35.5. The quantitative estimate of drug-likeness (QED) is 0.922. The zero-order valence-electron chi connectivity index (χ0n) is 14.2. The molecule has 0 radical (unpaired) electrons. The molecular formula is C18H25ClN4O. The molecule has 2 heterocycles. The fraction of sp³-hybridized carbons (Fsp3) is 0.444. The van der Waals surface area contributed by atoms with Crippen LogP contribution < -0.4 is 5.73 Å². The molecule has 130 valence electrons. The maximum atomic E-state index is 12.7. The van der Waals surface area contributed by atoms with Crippen molar-refractivity contribution in [2.45, 2.75) is 39.2 Å².